The Labute approximate surface area is 57.8 Å². The number of hydrogen-bond donors (Lipinski definition) is 1. The minimum Gasteiger partial charge on any atom is -0.319 e. The Balaban J connectivity index is 3.73. The first-order chi connectivity index (χ1) is 4.34. The third-order valence-electron chi connectivity index (χ3n) is 0.982. The SMILES string of the molecule is CN(C)CC(N)C(F)(F)F. The molecule has 0 radical (unpaired) electrons. The fourth-order valence-electron chi connectivity index (χ4n) is 0.497. The van der Waals surface area contributed by atoms with E-state index in [0.29, 0.717) is 0 Å². The van der Waals surface area contributed by atoms with Crippen molar-refractivity contribution in [2.24, 2.45) is 5.73 Å². The summed E-state index contributed by atoms with van der Waals surface area (Å²) in [6, 6.07) is -1.73. The van der Waals surface area contributed by atoms with E-state index in [0.717, 1.165) is 0 Å². The van der Waals surface area contributed by atoms with Crippen molar-refractivity contribution in [2.75, 3.05) is 20.6 Å². The largest absolute Gasteiger partial charge is 0.404 e. The minimum absolute atomic E-state index is 0.163. The average Bonchev–Trinajstić information content (AvgIpc) is 1.60. The molecular weight excluding hydrogens is 145 g/mol. The van der Waals surface area contributed by atoms with Crippen LogP contribution in [0.15, 0.2) is 0 Å². The molecule has 0 aromatic heterocycles. The molecule has 0 spiro atoms. The molecule has 0 aliphatic carbocycles. The monoisotopic (exact) mass is 156 g/mol. The van der Waals surface area contributed by atoms with Gasteiger partial charge in [0, 0.05) is 6.54 Å². The molecule has 0 aromatic rings. The number of hydrogen-bond acceptors (Lipinski definition) is 2. The van der Waals surface area contributed by atoms with E-state index in [4.69, 9.17) is 5.73 Å². The maximum Gasteiger partial charge on any atom is 0.404 e. The van der Waals surface area contributed by atoms with Crippen LogP contribution in [-0.2, 0) is 0 Å². The van der Waals surface area contributed by atoms with Gasteiger partial charge in [0.2, 0.25) is 0 Å². The van der Waals surface area contributed by atoms with Crippen LogP contribution >= 0.6 is 0 Å². The van der Waals surface area contributed by atoms with Gasteiger partial charge in [-0.05, 0) is 14.1 Å². The van der Waals surface area contributed by atoms with Gasteiger partial charge >= 0.3 is 6.18 Å². The molecule has 0 fully saturated rings. The first-order valence-electron chi connectivity index (χ1n) is 2.81. The third kappa shape index (κ3) is 3.68. The van der Waals surface area contributed by atoms with Gasteiger partial charge in [-0.25, -0.2) is 0 Å². The molecule has 0 amide bonds. The summed E-state index contributed by atoms with van der Waals surface area (Å²) in [5.41, 5.74) is 4.78. The molecule has 0 aliphatic heterocycles. The van der Waals surface area contributed by atoms with Gasteiger partial charge in [-0.2, -0.15) is 13.2 Å². The highest BCUT2D eigenvalue weighted by atomic mass is 19.4. The van der Waals surface area contributed by atoms with Gasteiger partial charge in [0.05, 0.1) is 0 Å². The zero-order chi connectivity index (χ0) is 8.36. The maximum atomic E-state index is 11.7. The zero-order valence-electron chi connectivity index (χ0n) is 5.94. The standard InChI is InChI=1S/C5H11F3N2/c1-10(2)3-4(9)5(6,7)8/h4H,3,9H2,1-2H3. The van der Waals surface area contributed by atoms with Crippen LogP contribution in [0.25, 0.3) is 0 Å². The molecule has 1 atom stereocenters. The van der Waals surface area contributed by atoms with E-state index in [2.05, 4.69) is 0 Å². The molecule has 0 bridgehead atoms. The fourth-order valence-corrected chi connectivity index (χ4v) is 0.497. The average molecular weight is 156 g/mol. The van der Waals surface area contributed by atoms with Crippen molar-refractivity contribution in [1.82, 2.24) is 4.90 Å². The fraction of sp³-hybridized carbons (Fsp3) is 1.00. The van der Waals surface area contributed by atoms with Crippen LogP contribution in [0, 0.1) is 0 Å². The predicted octanol–water partition coefficient (Wildman–Crippen LogP) is 0.438. The first-order valence-corrected chi connectivity index (χ1v) is 2.81. The second kappa shape index (κ2) is 3.21. The van der Waals surface area contributed by atoms with Gasteiger partial charge in [-0.1, -0.05) is 0 Å². The Kier molecular flexibility index (Phi) is 3.11. The molecular formula is C5H11F3N2. The lowest BCUT2D eigenvalue weighted by molar-refractivity contribution is -0.150. The summed E-state index contributed by atoms with van der Waals surface area (Å²) in [7, 11) is 3.09. The molecule has 1 unspecified atom stereocenters. The number of nitrogens with two attached hydrogens (primary N) is 1. The number of rotatable bonds is 2. The molecule has 0 saturated carbocycles. The Morgan fingerprint density at radius 3 is 1.90 bits per heavy atom. The molecule has 0 aliphatic rings. The quantitative estimate of drug-likeness (QED) is 0.628. The Morgan fingerprint density at radius 1 is 1.40 bits per heavy atom. The minimum atomic E-state index is -4.27. The van der Waals surface area contributed by atoms with Gasteiger partial charge in [0.15, 0.2) is 0 Å². The summed E-state index contributed by atoms with van der Waals surface area (Å²) in [6.07, 6.45) is -4.27. The molecule has 10 heavy (non-hydrogen) atoms. The number of nitrogens with zero attached hydrogens (tertiary/aromatic N) is 1. The molecule has 62 valence electrons. The molecule has 0 heterocycles. The Hall–Kier alpha value is -0.290. The van der Waals surface area contributed by atoms with E-state index in [1.807, 2.05) is 0 Å². The van der Waals surface area contributed by atoms with Crippen LogP contribution in [0.5, 0.6) is 0 Å². The van der Waals surface area contributed by atoms with Crippen LogP contribution in [0.3, 0.4) is 0 Å². The second-order valence-electron chi connectivity index (χ2n) is 2.41. The molecule has 0 rings (SSSR count). The van der Waals surface area contributed by atoms with Gasteiger partial charge in [-0.15, -0.1) is 0 Å². The van der Waals surface area contributed by atoms with Crippen molar-refractivity contribution in [1.29, 1.82) is 0 Å². The molecule has 0 aromatic carbocycles. The van der Waals surface area contributed by atoms with Gasteiger partial charge in [0.25, 0.3) is 0 Å². The zero-order valence-corrected chi connectivity index (χ0v) is 5.94. The number of halogens is 3. The number of likely N-dealkylation sites (N-methyl/N-ethyl adjacent to an activating group) is 1. The van der Waals surface area contributed by atoms with Crippen LogP contribution in [0.2, 0.25) is 0 Å². The van der Waals surface area contributed by atoms with Crippen molar-refractivity contribution < 1.29 is 13.2 Å². The normalized spacial score (nSPS) is 15.9. The first kappa shape index (κ1) is 9.71. The van der Waals surface area contributed by atoms with Gasteiger partial charge in [0.1, 0.15) is 6.04 Å². The van der Waals surface area contributed by atoms with Crippen molar-refractivity contribution >= 4 is 0 Å². The van der Waals surface area contributed by atoms with Crippen molar-refractivity contribution in [2.45, 2.75) is 12.2 Å². The topological polar surface area (TPSA) is 29.3 Å². The summed E-state index contributed by atoms with van der Waals surface area (Å²) in [4.78, 5) is 1.40. The van der Waals surface area contributed by atoms with Gasteiger partial charge < -0.3 is 10.6 Å². The van der Waals surface area contributed by atoms with Crippen LogP contribution < -0.4 is 5.73 Å². The van der Waals surface area contributed by atoms with Crippen molar-refractivity contribution in [3.05, 3.63) is 0 Å². The number of alkyl halides is 3. The van der Waals surface area contributed by atoms with E-state index in [-0.39, 0.29) is 6.54 Å². The van der Waals surface area contributed by atoms with Gasteiger partial charge in [-0.3, -0.25) is 0 Å². The van der Waals surface area contributed by atoms with E-state index < -0.39 is 12.2 Å². The summed E-state index contributed by atoms with van der Waals surface area (Å²) in [5.74, 6) is 0. The predicted molar refractivity (Wildman–Crippen MR) is 32.6 cm³/mol. The Bertz CT molecular complexity index is 99.6. The van der Waals surface area contributed by atoms with Crippen LogP contribution in [-0.4, -0.2) is 37.8 Å². The van der Waals surface area contributed by atoms with E-state index >= 15 is 0 Å². The molecule has 2 N–H and O–H groups in total. The Morgan fingerprint density at radius 2 is 1.80 bits per heavy atom. The van der Waals surface area contributed by atoms with Crippen molar-refractivity contribution in [3.63, 3.8) is 0 Å². The second-order valence-corrected chi connectivity index (χ2v) is 2.41. The van der Waals surface area contributed by atoms with E-state index in [1.165, 1.54) is 4.90 Å². The molecule has 2 nitrogen and oxygen atoms in total. The summed E-state index contributed by atoms with van der Waals surface area (Å²) in [6.45, 7) is -0.163. The summed E-state index contributed by atoms with van der Waals surface area (Å²) in [5, 5.41) is 0. The summed E-state index contributed by atoms with van der Waals surface area (Å²) >= 11 is 0. The highest BCUT2D eigenvalue weighted by molar-refractivity contribution is 4.72. The van der Waals surface area contributed by atoms with Crippen molar-refractivity contribution in [3.8, 4) is 0 Å². The highest BCUT2D eigenvalue weighted by Crippen LogP contribution is 2.18. The van der Waals surface area contributed by atoms with Crippen LogP contribution in [0.4, 0.5) is 13.2 Å². The lowest BCUT2D eigenvalue weighted by Crippen LogP contribution is -2.44. The van der Waals surface area contributed by atoms with Crippen LogP contribution in [0.1, 0.15) is 0 Å². The lowest BCUT2D eigenvalue weighted by atomic mass is 10.3. The summed E-state index contributed by atoms with van der Waals surface area (Å²) < 4.78 is 35.0. The molecule has 5 heteroatoms. The lowest BCUT2D eigenvalue weighted by Gasteiger charge is -2.19. The highest BCUT2D eigenvalue weighted by Gasteiger charge is 2.36. The smallest absolute Gasteiger partial charge is 0.319 e. The maximum absolute atomic E-state index is 11.7. The molecule has 0 saturated heterocycles. The third-order valence-corrected chi connectivity index (χ3v) is 0.982. The van der Waals surface area contributed by atoms with E-state index in [1.54, 1.807) is 14.1 Å². The van der Waals surface area contributed by atoms with E-state index in [9.17, 15) is 13.2 Å².